The maximum Gasteiger partial charge on any atom is 0.463 e. The molecule has 0 saturated heterocycles. The Hall–Kier alpha value is -0.890. The van der Waals surface area contributed by atoms with Crippen LogP contribution in [0, 0.1) is 0 Å². The first-order valence-corrected chi connectivity index (χ1v) is 5.44. The molecule has 0 fully saturated rings. The number of carbonyl (C=O) groups excluding carboxylic acids is 1. The van der Waals surface area contributed by atoms with Gasteiger partial charge in [0.25, 0.3) is 0 Å². The summed E-state index contributed by atoms with van der Waals surface area (Å²) in [6.45, 7) is 0. The van der Waals surface area contributed by atoms with Gasteiger partial charge in [-0.15, -0.1) is 0 Å². The Morgan fingerprint density at radius 2 is 1.78 bits per heavy atom. The quantitative estimate of drug-likeness (QED) is 0.793. The Labute approximate surface area is 111 Å². The van der Waals surface area contributed by atoms with Crippen LogP contribution < -0.4 is 5.32 Å². The molecule has 1 aromatic rings. The molecule has 18 heavy (non-hydrogen) atoms. The van der Waals surface area contributed by atoms with Gasteiger partial charge in [0.05, 0.1) is 5.69 Å². The summed E-state index contributed by atoms with van der Waals surface area (Å²) in [4.78, 5) is 10.9. The summed E-state index contributed by atoms with van der Waals surface area (Å²) >= 11 is 8.41. The monoisotopic (exact) mass is 351 g/mol. The Morgan fingerprint density at radius 1 is 1.22 bits per heavy atom. The molecule has 0 heterocycles. The van der Waals surface area contributed by atoms with Crippen molar-refractivity contribution in [1.82, 2.24) is 0 Å². The molecular formula is C9H4BrClF5NO. The number of hydrogen-bond donors (Lipinski definition) is 1. The lowest BCUT2D eigenvalue weighted by Gasteiger charge is -2.19. The molecule has 2 nitrogen and oxygen atoms in total. The van der Waals surface area contributed by atoms with E-state index < -0.39 is 18.0 Å². The molecule has 0 radical (unpaired) electrons. The average Bonchev–Trinajstić information content (AvgIpc) is 2.20. The summed E-state index contributed by atoms with van der Waals surface area (Å²) < 4.78 is 61.1. The van der Waals surface area contributed by atoms with Crippen molar-refractivity contribution >= 4 is 39.1 Å². The van der Waals surface area contributed by atoms with Crippen LogP contribution >= 0.6 is 27.5 Å². The lowest BCUT2D eigenvalue weighted by atomic mass is 10.2. The van der Waals surface area contributed by atoms with Crippen molar-refractivity contribution in [1.29, 1.82) is 0 Å². The Kier molecular flexibility index (Phi) is 4.22. The van der Waals surface area contributed by atoms with Crippen LogP contribution in [-0.2, 0) is 4.79 Å². The molecular weight excluding hydrogens is 348 g/mol. The number of nitrogens with one attached hydrogen (secondary N) is 1. The van der Waals surface area contributed by atoms with Crippen molar-refractivity contribution < 1.29 is 26.7 Å². The van der Waals surface area contributed by atoms with Crippen LogP contribution in [0.3, 0.4) is 0 Å². The van der Waals surface area contributed by atoms with Crippen molar-refractivity contribution in [3.63, 3.8) is 0 Å². The third kappa shape index (κ3) is 3.11. The Morgan fingerprint density at radius 3 is 2.22 bits per heavy atom. The van der Waals surface area contributed by atoms with Gasteiger partial charge in [0, 0.05) is 9.50 Å². The number of rotatable bonds is 2. The van der Waals surface area contributed by atoms with Crippen LogP contribution in [0.5, 0.6) is 0 Å². The van der Waals surface area contributed by atoms with E-state index in [-0.39, 0.29) is 15.2 Å². The number of alkyl halides is 5. The lowest BCUT2D eigenvalue weighted by Crippen LogP contribution is -2.47. The number of halogens is 7. The Balaban J connectivity index is 2.95. The largest absolute Gasteiger partial charge is 0.463 e. The van der Waals surface area contributed by atoms with Gasteiger partial charge in [-0.25, -0.2) is 0 Å². The maximum absolute atomic E-state index is 12.6. The van der Waals surface area contributed by atoms with Gasteiger partial charge in [-0.2, -0.15) is 22.0 Å². The minimum atomic E-state index is -5.95. The molecule has 100 valence electrons. The van der Waals surface area contributed by atoms with Crippen LogP contribution in [-0.4, -0.2) is 18.0 Å². The van der Waals surface area contributed by atoms with Gasteiger partial charge in [0.2, 0.25) is 0 Å². The summed E-state index contributed by atoms with van der Waals surface area (Å²) in [6.07, 6.45) is -5.95. The average molecular weight is 352 g/mol. The third-order valence-electron chi connectivity index (χ3n) is 1.82. The number of benzene rings is 1. The van der Waals surface area contributed by atoms with Gasteiger partial charge in [-0.05, 0) is 34.1 Å². The molecule has 0 aliphatic rings. The standard InChI is InChI=1S/C9H4BrClF5NO/c10-5-3-4(11)1-2-6(5)17-7(18)8(12,13)9(14,15)16/h1-3H,(H,17,18). The van der Waals surface area contributed by atoms with E-state index in [0.717, 1.165) is 6.07 Å². The van der Waals surface area contributed by atoms with E-state index in [4.69, 9.17) is 11.6 Å². The van der Waals surface area contributed by atoms with E-state index in [2.05, 4.69) is 15.9 Å². The van der Waals surface area contributed by atoms with E-state index in [1.54, 1.807) is 0 Å². The SMILES string of the molecule is O=C(Nc1ccc(Cl)cc1Br)C(F)(F)C(F)(F)F. The minimum Gasteiger partial charge on any atom is -0.319 e. The highest BCUT2D eigenvalue weighted by molar-refractivity contribution is 9.10. The van der Waals surface area contributed by atoms with Crippen LogP contribution in [0.4, 0.5) is 27.6 Å². The smallest absolute Gasteiger partial charge is 0.319 e. The van der Waals surface area contributed by atoms with Crippen LogP contribution in [0.15, 0.2) is 22.7 Å². The maximum atomic E-state index is 12.6. The van der Waals surface area contributed by atoms with Crippen molar-refractivity contribution in [3.8, 4) is 0 Å². The van der Waals surface area contributed by atoms with E-state index in [9.17, 15) is 26.7 Å². The second-order valence-corrected chi connectivity index (χ2v) is 4.44. The Bertz CT molecular complexity index is 477. The fourth-order valence-electron chi connectivity index (χ4n) is 0.920. The molecule has 0 bridgehead atoms. The highest BCUT2D eigenvalue weighted by atomic mass is 79.9. The fourth-order valence-corrected chi connectivity index (χ4v) is 1.70. The molecule has 0 spiro atoms. The second-order valence-electron chi connectivity index (χ2n) is 3.15. The molecule has 1 aromatic carbocycles. The first-order chi connectivity index (χ1) is 8.05. The van der Waals surface area contributed by atoms with Gasteiger partial charge >= 0.3 is 18.0 Å². The van der Waals surface area contributed by atoms with Crippen molar-refractivity contribution in [2.24, 2.45) is 0 Å². The molecule has 9 heteroatoms. The van der Waals surface area contributed by atoms with Crippen LogP contribution in [0.25, 0.3) is 0 Å². The van der Waals surface area contributed by atoms with Crippen LogP contribution in [0.1, 0.15) is 0 Å². The van der Waals surface area contributed by atoms with Crippen molar-refractivity contribution in [2.45, 2.75) is 12.1 Å². The fraction of sp³-hybridized carbons (Fsp3) is 0.222. The van der Waals surface area contributed by atoms with Gasteiger partial charge in [-0.1, -0.05) is 11.6 Å². The topological polar surface area (TPSA) is 29.1 Å². The second kappa shape index (κ2) is 5.00. The first-order valence-electron chi connectivity index (χ1n) is 4.27. The molecule has 0 aromatic heterocycles. The molecule has 0 aliphatic carbocycles. The molecule has 0 saturated carbocycles. The van der Waals surface area contributed by atoms with Crippen LogP contribution in [0.2, 0.25) is 5.02 Å². The highest BCUT2D eigenvalue weighted by Gasteiger charge is 2.63. The molecule has 0 aliphatic heterocycles. The molecule has 1 rings (SSSR count). The molecule has 1 N–H and O–H groups in total. The predicted molar refractivity (Wildman–Crippen MR) is 58.8 cm³/mol. The highest BCUT2D eigenvalue weighted by Crippen LogP contribution is 2.37. The zero-order valence-corrected chi connectivity index (χ0v) is 10.6. The van der Waals surface area contributed by atoms with Crippen molar-refractivity contribution in [2.75, 3.05) is 5.32 Å². The van der Waals surface area contributed by atoms with E-state index in [1.807, 2.05) is 0 Å². The number of amides is 1. The van der Waals surface area contributed by atoms with E-state index >= 15 is 0 Å². The summed E-state index contributed by atoms with van der Waals surface area (Å²) in [5.74, 6) is -7.93. The zero-order chi connectivity index (χ0) is 14.1. The van der Waals surface area contributed by atoms with Gasteiger partial charge in [0.15, 0.2) is 0 Å². The molecule has 0 atom stereocenters. The lowest BCUT2D eigenvalue weighted by molar-refractivity contribution is -0.267. The third-order valence-corrected chi connectivity index (χ3v) is 2.71. The number of carbonyl (C=O) groups is 1. The summed E-state index contributed by atoms with van der Waals surface area (Å²) in [5.41, 5.74) is -0.242. The molecule has 0 unspecified atom stereocenters. The summed E-state index contributed by atoms with van der Waals surface area (Å²) in [7, 11) is 0. The van der Waals surface area contributed by atoms with E-state index in [1.165, 1.54) is 17.4 Å². The number of anilines is 1. The normalized spacial score (nSPS) is 12.4. The molecule has 1 amide bonds. The zero-order valence-electron chi connectivity index (χ0n) is 8.29. The van der Waals surface area contributed by atoms with Gasteiger partial charge in [0.1, 0.15) is 0 Å². The number of hydrogen-bond acceptors (Lipinski definition) is 1. The van der Waals surface area contributed by atoms with E-state index in [0.29, 0.717) is 0 Å². The van der Waals surface area contributed by atoms with Crippen molar-refractivity contribution in [3.05, 3.63) is 27.7 Å². The first kappa shape index (κ1) is 15.2. The minimum absolute atomic E-state index is 0.0846. The summed E-state index contributed by atoms with van der Waals surface area (Å²) in [5, 5.41) is 1.69. The van der Waals surface area contributed by atoms with Gasteiger partial charge < -0.3 is 5.32 Å². The van der Waals surface area contributed by atoms with Gasteiger partial charge in [-0.3, -0.25) is 4.79 Å². The predicted octanol–water partition coefficient (Wildman–Crippen LogP) is 4.24. The summed E-state index contributed by atoms with van der Waals surface area (Å²) in [6, 6.07) is 3.56.